The molecule has 2 aromatic carbocycles. The molecule has 1 atom stereocenters. The number of hydrogen-bond acceptors (Lipinski definition) is 4. The maximum atomic E-state index is 12.4. The summed E-state index contributed by atoms with van der Waals surface area (Å²) in [6.07, 6.45) is 0. The van der Waals surface area contributed by atoms with Crippen molar-refractivity contribution in [3.8, 4) is 5.75 Å². The first-order valence-corrected chi connectivity index (χ1v) is 9.05. The number of para-hydroxylation sites is 2. The van der Waals surface area contributed by atoms with Crippen LogP contribution in [0.3, 0.4) is 0 Å². The third-order valence-corrected chi connectivity index (χ3v) is 4.83. The van der Waals surface area contributed by atoms with Gasteiger partial charge in [-0.3, -0.25) is 9.69 Å². The molecule has 1 saturated heterocycles. The molecule has 1 aliphatic heterocycles. The molecule has 26 heavy (non-hydrogen) atoms. The molecule has 0 bridgehead atoms. The second-order valence-corrected chi connectivity index (χ2v) is 6.86. The van der Waals surface area contributed by atoms with Gasteiger partial charge in [0.15, 0.2) is 0 Å². The molecule has 1 amide bonds. The highest BCUT2D eigenvalue weighted by Crippen LogP contribution is 2.24. The second kappa shape index (κ2) is 8.23. The van der Waals surface area contributed by atoms with Gasteiger partial charge in [0.1, 0.15) is 5.75 Å². The van der Waals surface area contributed by atoms with Gasteiger partial charge in [-0.1, -0.05) is 29.8 Å². The van der Waals surface area contributed by atoms with Crippen LogP contribution in [-0.4, -0.2) is 50.1 Å². The van der Waals surface area contributed by atoms with Crippen molar-refractivity contribution in [2.75, 3.05) is 43.5 Å². The predicted octanol–water partition coefficient (Wildman–Crippen LogP) is 3.15. The molecule has 5 heteroatoms. The van der Waals surface area contributed by atoms with Crippen molar-refractivity contribution in [2.45, 2.75) is 19.9 Å². The van der Waals surface area contributed by atoms with Crippen molar-refractivity contribution in [1.29, 1.82) is 0 Å². The third-order valence-electron chi connectivity index (χ3n) is 4.83. The third kappa shape index (κ3) is 4.35. The normalized spacial score (nSPS) is 17.8. The van der Waals surface area contributed by atoms with Crippen LogP contribution in [0, 0.1) is 6.92 Å². The lowest BCUT2D eigenvalue weighted by Gasteiger charge is -2.41. The van der Waals surface area contributed by atoms with Crippen LogP contribution in [0.5, 0.6) is 5.75 Å². The lowest BCUT2D eigenvalue weighted by atomic mass is 10.1. The van der Waals surface area contributed by atoms with Gasteiger partial charge in [-0.25, -0.2) is 0 Å². The van der Waals surface area contributed by atoms with Gasteiger partial charge in [0, 0.05) is 31.4 Å². The van der Waals surface area contributed by atoms with Gasteiger partial charge in [0.2, 0.25) is 5.91 Å². The highest BCUT2D eigenvalue weighted by atomic mass is 16.5. The zero-order valence-corrected chi connectivity index (χ0v) is 15.7. The molecule has 0 saturated carbocycles. The molecule has 138 valence electrons. The van der Waals surface area contributed by atoms with Gasteiger partial charge in [-0.15, -0.1) is 0 Å². The van der Waals surface area contributed by atoms with Crippen LogP contribution in [0.1, 0.15) is 12.5 Å². The van der Waals surface area contributed by atoms with Crippen LogP contribution in [0.25, 0.3) is 0 Å². The van der Waals surface area contributed by atoms with E-state index in [2.05, 4.69) is 53.2 Å². The fourth-order valence-corrected chi connectivity index (χ4v) is 3.44. The molecule has 1 fully saturated rings. The Labute approximate surface area is 155 Å². The van der Waals surface area contributed by atoms with Crippen molar-refractivity contribution in [2.24, 2.45) is 0 Å². The zero-order valence-electron chi connectivity index (χ0n) is 15.7. The molecule has 2 aromatic rings. The summed E-state index contributed by atoms with van der Waals surface area (Å²) in [6, 6.07) is 16.5. The number of nitrogens with zero attached hydrogens (tertiary/aromatic N) is 2. The number of ether oxygens (including phenoxy) is 1. The van der Waals surface area contributed by atoms with Gasteiger partial charge in [-0.2, -0.15) is 0 Å². The molecule has 1 N–H and O–H groups in total. The fourth-order valence-electron chi connectivity index (χ4n) is 3.44. The Morgan fingerprint density at radius 1 is 1.15 bits per heavy atom. The molecular formula is C21H27N3O2. The van der Waals surface area contributed by atoms with Crippen LogP contribution in [0.4, 0.5) is 11.4 Å². The summed E-state index contributed by atoms with van der Waals surface area (Å²) in [4.78, 5) is 17.0. The minimum absolute atomic E-state index is 0.00881. The van der Waals surface area contributed by atoms with E-state index in [1.807, 2.05) is 24.3 Å². The number of carbonyl (C=O) groups is 1. The molecule has 0 radical (unpaired) electrons. The second-order valence-electron chi connectivity index (χ2n) is 6.86. The van der Waals surface area contributed by atoms with Gasteiger partial charge < -0.3 is 15.0 Å². The Morgan fingerprint density at radius 2 is 1.88 bits per heavy atom. The summed E-state index contributed by atoms with van der Waals surface area (Å²) in [5.41, 5.74) is 3.24. The lowest BCUT2D eigenvalue weighted by Crippen LogP contribution is -2.53. The van der Waals surface area contributed by atoms with Crippen molar-refractivity contribution in [3.05, 3.63) is 54.1 Å². The summed E-state index contributed by atoms with van der Waals surface area (Å²) in [5.74, 6) is 0.670. The largest absolute Gasteiger partial charge is 0.495 e. The molecular weight excluding hydrogens is 326 g/mol. The Hall–Kier alpha value is -2.53. The van der Waals surface area contributed by atoms with Crippen LogP contribution in [0.2, 0.25) is 0 Å². The molecule has 1 aliphatic rings. The highest BCUT2D eigenvalue weighted by Gasteiger charge is 2.25. The SMILES string of the molecule is COc1ccccc1NC(=O)CN1CCN(c2ccc(C)cc2)[C@H](C)C1. The maximum Gasteiger partial charge on any atom is 0.238 e. The zero-order chi connectivity index (χ0) is 18.5. The number of hydrogen-bond donors (Lipinski definition) is 1. The van der Waals surface area contributed by atoms with E-state index in [-0.39, 0.29) is 5.91 Å². The van der Waals surface area contributed by atoms with E-state index in [0.29, 0.717) is 24.0 Å². The minimum atomic E-state index is -0.00881. The number of rotatable bonds is 5. The number of carbonyl (C=O) groups excluding carboxylic acids is 1. The Kier molecular flexibility index (Phi) is 5.78. The van der Waals surface area contributed by atoms with Crippen molar-refractivity contribution in [1.82, 2.24) is 4.90 Å². The van der Waals surface area contributed by atoms with Gasteiger partial charge in [-0.05, 0) is 38.1 Å². The summed E-state index contributed by atoms with van der Waals surface area (Å²) in [5, 5.41) is 2.95. The van der Waals surface area contributed by atoms with E-state index in [1.54, 1.807) is 7.11 Å². The van der Waals surface area contributed by atoms with Crippen LogP contribution >= 0.6 is 0 Å². The smallest absolute Gasteiger partial charge is 0.238 e. The first-order valence-electron chi connectivity index (χ1n) is 9.05. The van der Waals surface area contributed by atoms with Gasteiger partial charge in [0.25, 0.3) is 0 Å². The minimum Gasteiger partial charge on any atom is -0.495 e. The van der Waals surface area contributed by atoms with Crippen LogP contribution in [0.15, 0.2) is 48.5 Å². The molecule has 1 heterocycles. The topological polar surface area (TPSA) is 44.8 Å². The number of piperazine rings is 1. The molecule has 3 rings (SSSR count). The van der Waals surface area contributed by atoms with E-state index in [9.17, 15) is 4.79 Å². The van der Waals surface area contributed by atoms with E-state index < -0.39 is 0 Å². The number of methoxy groups -OCH3 is 1. The number of benzene rings is 2. The summed E-state index contributed by atoms with van der Waals surface area (Å²) in [6.45, 7) is 7.37. The van der Waals surface area contributed by atoms with Crippen LogP contribution in [-0.2, 0) is 4.79 Å². The fraction of sp³-hybridized carbons (Fsp3) is 0.381. The quantitative estimate of drug-likeness (QED) is 0.897. The van der Waals surface area contributed by atoms with E-state index in [4.69, 9.17) is 4.74 Å². The number of aryl methyl sites for hydroxylation is 1. The van der Waals surface area contributed by atoms with E-state index in [0.717, 1.165) is 19.6 Å². The first-order chi connectivity index (χ1) is 12.6. The standard InChI is InChI=1S/C21H27N3O2/c1-16-8-10-18(11-9-16)24-13-12-23(14-17(24)2)15-21(25)22-19-6-4-5-7-20(19)26-3/h4-11,17H,12-15H2,1-3H3,(H,22,25)/t17-/m1/s1. The van der Waals surface area contributed by atoms with E-state index >= 15 is 0 Å². The summed E-state index contributed by atoms with van der Waals surface area (Å²) < 4.78 is 5.29. The summed E-state index contributed by atoms with van der Waals surface area (Å²) >= 11 is 0. The van der Waals surface area contributed by atoms with Crippen molar-refractivity contribution < 1.29 is 9.53 Å². The predicted molar refractivity (Wildman–Crippen MR) is 106 cm³/mol. The number of amides is 1. The van der Waals surface area contributed by atoms with Gasteiger partial charge in [0.05, 0.1) is 19.3 Å². The summed E-state index contributed by atoms with van der Waals surface area (Å²) in [7, 11) is 1.61. The van der Waals surface area contributed by atoms with Crippen molar-refractivity contribution >= 4 is 17.3 Å². The average Bonchev–Trinajstić information content (AvgIpc) is 2.63. The van der Waals surface area contributed by atoms with E-state index in [1.165, 1.54) is 11.3 Å². The highest BCUT2D eigenvalue weighted by molar-refractivity contribution is 5.93. The Bertz CT molecular complexity index is 745. The number of anilines is 2. The maximum absolute atomic E-state index is 12.4. The van der Waals surface area contributed by atoms with Crippen LogP contribution < -0.4 is 15.0 Å². The van der Waals surface area contributed by atoms with Gasteiger partial charge >= 0.3 is 0 Å². The molecule has 5 nitrogen and oxygen atoms in total. The molecule has 0 aliphatic carbocycles. The number of nitrogens with one attached hydrogen (secondary N) is 1. The molecule has 0 spiro atoms. The lowest BCUT2D eigenvalue weighted by molar-refractivity contribution is -0.117. The Morgan fingerprint density at radius 3 is 2.58 bits per heavy atom. The molecule has 0 aromatic heterocycles. The average molecular weight is 353 g/mol. The Balaban J connectivity index is 1.55. The first kappa shape index (κ1) is 18.3. The van der Waals surface area contributed by atoms with Crippen molar-refractivity contribution in [3.63, 3.8) is 0 Å². The monoisotopic (exact) mass is 353 g/mol. The molecule has 0 unspecified atom stereocenters.